The Morgan fingerprint density at radius 3 is 2.47 bits per heavy atom. The molecule has 0 saturated carbocycles. The van der Waals surface area contributed by atoms with Crippen molar-refractivity contribution in [2.45, 2.75) is 20.0 Å². The zero-order chi connectivity index (χ0) is 14.0. The number of benzene rings is 1. The number of hydrogen-bond donors (Lipinski definition) is 1. The van der Waals surface area contributed by atoms with E-state index in [0.29, 0.717) is 21.4 Å². The highest BCUT2D eigenvalue weighted by Crippen LogP contribution is 2.27. The van der Waals surface area contributed by atoms with Gasteiger partial charge in [-0.1, -0.05) is 23.2 Å². The number of aromatic nitrogens is 3. The highest BCUT2D eigenvalue weighted by Gasteiger charge is 2.10. The van der Waals surface area contributed by atoms with Crippen molar-refractivity contribution < 1.29 is 4.74 Å². The van der Waals surface area contributed by atoms with Crippen LogP contribution in [-0.4, -0.2) is 21.1 Å². The van der Waals surface area contributed by atoms with Gasteiger partial charge < -0.3 is 10.5 Å². The van der Waals surface area contributed by atoms with Crippen LogP contribution in [0, 0.1) is 0 Å². The lowest BCUT2D eigenvalue weighted by Gasteiger charge is -2.09. The molecule has 2 aromatic rings. The van der Waals surface area contributed by atoms with E-state index in [-0.39, 0.29) is 18.1 Å². The van der Waals surface area contributed by atoms with E-state index in [1.165, 1.54) is 0 Å². The van der Waals surface area contributed by atoms with Gasteiger partial charge in [-0.15, -0.1) is 0 Å². The van der Waals surface area contributed by atoms with Gasteiger partial charge in [-0.05, 0) is 32.0 Å². The van der Waals surface area contributed by atoms with Crippen LogP contribution in [0.2, 0.25) is 10.0 Å². The fourth-order valence-electron chi connectivity index (χ4n) is 1.40. The van der Waals surface area contributed by atoms with Crippen molar-refractivity contribution in [2.24, 2.45) is 0 Å². The molecule has 7 heteroatoms. The third-order valence-corrected chi connectivity index (χ3v) is 2.89. The molecule has 0 radical (unpaired) electrons. The zero-order valence-electron chi connectivity index (χ0n) is 10.4. The second kappa shape index (κ2) is 5.59. The smallest absolute Gasteiger partial charge is 0.322 e. The molecule has 2 N–H and O–H groups in total. The Hall–Kier alpha value is -1.59. The van der Waals surface area contributed by atoms with Crippen LogP contribution in [0.25, 0.3) is 11.4 Å². The summed E-state index contributed by atoms with van der Waals surface area (Å²) in [4.78, 5) is 12.2. The van der Waals surface area contributed by atoms with Gasteiger partial charge in [0.2, 0.25) is 5.95 Å². The first-order chi connectivity index (χ1) is 8.95. The molecule has 0 aliphatic heterocycles. The molecule has 1 aromatic heterocycles. The summed E-state index contributed by atoms with van der Waals surface area (Å²) in [6, 6.07) is 5.27. The number of rotatable bonds is 3. The molecule has 0 saturated heterocycles. The maximum absolute atomic E-state index is 5.96. The molecule has 0 atom stereocenters. The molecule has 0 spiro atoms. The van der Waals surface area contributed by atoms with Crippen LogP contribution in [0.4, 0.5) is 5.95 Å². The van der Waals surface area contributed by atoms with Crippen LogP contribution < -0.4 is 10.5 Å². The zero-order valence-corrected chi connectivity index (χ0v) is 11.9. The molecule has 19 heavy (non-hydrogen) atoms. The molecular weight excluding hydrogens is 287 g/mol. The Morgan fingerprint density at radius 2 is 1.84 bits per heavy atom. The Kier molecular flexibility index (Phi) is 4.07. The van der Waals surface area contributed by atoms with Crippen LogP contribution in [-0.2, 0) is 0 Å². The van der Waals surface area contributed by atoms with Crippen molar-refractivity contribution in [2.75, 3.05) is 5.73 Å². The van der Waals surface area contributed by atoms with Crippen molar-refractivity contribution in [1.29, 1.82) is 0 Å². The van der Waals surface area contributed by atoms with Crippen LogP contribution in [0.1, 0.15) is 13.8 Å². The molecule has 0 amide bonds. The van der Waals surface area contributed by atoms with Gasteiger partial charge in [-0.3, -0.25) is 0 Å². The predicted octanol–water partition coefficient (Wildman–Crippen LogP) is 3.21. The lowest BCUT2D eigenvalue weighted by molar-refractivity contribution is 0.222. The van der Waals surface area contributed by atoms with Gasteiger partial charge in [0, 0.05) is 5.56 Å². The maximum Gasteiger partial charge on any atom is 0.322 e. The summed E-state index contributed by atoms with van der Waals surface area (Å²) in [5, 5.41) is 0.885. The molecule has 0 fully saturated rings. The standard InChI is InChI=1S/C12H12Cl2N4O/c1-6(2)19-12-17-10(16-11(15)18-12)7-3-4-8(13)9(14)5-7/h3-6H,1-2H3,(H2,15,16,17,18). The summed E-state index contributed by atoms with van der Waals surface area (Å²) in [6.45, 7) is 3.75. The van der Waals surface area contributed by atoms with Gasteiger partial charge in [0.05, 0.1) is 16.1 Å². The molecule has 100 valence electrons. The summed E-state index contributed by atoms with van der Waals surface area (Å²) < 4.78 is 5.41. The largest absolute Gasteiger partial charge is 0.461 e. The molecule has 0 bridgehead atoms. The van der Waals surface area contributed by atoms with E-state index in [4.69, 9.17) is 33.7 Å². The normalized spacial score (nSPS) is 10.8. The second-order valence-corrected chi connectivity index (χ2v) is 4.91. The van der Waals surface area contributed by atoms with Crippen molar-refractivity contribution >= 4 is 29.2 Å². The van der Waals surface area contributed by atoms with Crippen LogP contribution in [0.15, 0.2) is 18.2 Å². The Morgan fingerprint density at radius 1 is 1.11 bits per heavy atom. The lowest BCUT2D eigenvalue weighted by Crippen LogP contribution is -2.11. The van der Waals surface area contributed by atoms with Crippen molar-refractivity contribution in [3.63, 3.8) is 0 Å². The topological polar surface area (TPSA) is 73.9 Å². The molecule has 2 rings (SSSR count). The molecule has 0 unspecified atom stereocenters. The quantitative estimate of drug-likeness (QED) is 0.942. The van der Waals surface area contributed by atoms with E-state index < -0.39 is 0 Å². The monoisotopic (exact) mass is 298 g/mol. The number of nitrogen functional groups attached to an aromatic ring is 1. The summed E-state index contributed by atoms with van der Waals surface area (Å²) in [6.07, 6.45) is -0.0524. The minimum Gasteiger partial charge on any atom is -0.461 e. The molecular formula is C12H12Cl2N4O. The first kappa shape index (κ1) is 13.8. The fraction of sp³-hybridized carbons (Fsp3) is 0.250. The summed E-state index contributed by atoms with van der Waals surface area (Å²) in [5.74, 6) is 0.480. The van der Waals surface area contributed by atoms with Crippen molar-refractivity contribution in [1.82, 2.24) is 15.0 Å². The third-order valence-electron chi connectivity index (χ3n) is 2.15. The number of hydrogen-bond acceptors (Lipinski definition) is 5. The SMILES string of the molecule is CC(C)Oc1nc(N)nc(-c2ccc(Cl)c(Cl)c2)n1. The summed E-state index contributed by atoms with van der Waals surface area (Å²) in [5.41, 5.74) is 6.33. The third kappa shape index (κ3) is 3.45. The number of anilines is 1. The predicted molar refractivity (Wildman–Crippen MR) is 75.5 cm³/mol. The average molecular weight is 299 g/mol. The number of nitrogens with zero attached hydrogens (tertiary/aromatic N) is 3. The molecule has 0 aliphatic carbocycles. The first-order valence-corrected chi connectivity index (χ1v) is 6.35. The number of ether oxygens (including phenoxy) is 1. The van der Waals surface area contributed by atoms with Gasteiger partial charge in [0.15, 0.2) is 5.82 Å². The Bertz CT molecular complexity index is 604. The van der Waals surface area contributed by atoms with Crippen LogP contribution in [0.5, 0.6) is 6.01 Å². The van der Waals surface area contributed by atoms with Gasteiger partial charge in [0.25, 0.3) is 0 Å². The highest BCUT2D eigenvalue weighted by atomic mass is 35.5. The van der Waals surface area contributed by atoms with Crippen molar-refractivity contribution in [3.05, 3.63) is 28.2 Å². The number of halogens is 2. The minimum absolute atomic E-state index is 0.0524. The lowest BCUT2D eigenvalue weighted by atomic mass is 10.2. The van der Waals surface area contributed by atoms with E-state index in [2.05, 4.69) is 15.0 Å². The van der Waals surface area contributed by atoms with E-state index in [0.717, 1.165) is 0 Å². The average Bonchev–Trinajstić information content (AvgIpc) is 2.31. The minimum atomic E-state index is -0.0524. The summed E-state index contributed by atoms with van der Waals surface area (Å²) in [7, 11) is 0. The van der Waals surface area contributed by atoms with Gasteiger partial charge in [-0.25, -0.2) is 0 Å². The Labute approximate surface area is 120 Å². The summed E-state index contributed by atoms with van der Waals surface area (Å²) >= 11 is 11.8. The molecule has 1 aromatic carbocycles. The molecule has 5 nitrogen and oxygen atoms in total. The highest BCUT2D eigenvalue weighted by molar-refractivity contribution is 6.42. The van der Waals surface area contributed by atoms with E-state index in [1.54, 1.807) is 18.2 Å². The van der Waals surface area contributed by atoms with E-state index >= 15 is 0 Å². The fourth-order valence-corrected chi connectivity index (χ4v) is 1.70. The second-order valence-electron chi connectivity index (χ2n) is 4.10. The van der Waals surface area contributed by atoms with Crippen LogP contribution in [0.3, 0.4) is 0 Å². The van der Waals surface area contributed by atoms with E-state index in [9.17, 15) is 0 Å². The maximum atomic E-state index is 5.96. The van der Waals surface area contributed by atoms with Gasteiger partial charge in [0.1, 0.15) is 0 Å². The van der Waals surface area contributed by atoms with Gasteiger partial charge >= 0.3 is 6.01 Å². The van der Waals surface area contributed by atoms with Gasteiger partial charge in [-0.2, -0.15) is 15.0 Å². The van der Waals surface area contributed by atoms with E-state index in [1.807, 2.05) is 13.8 Å². The van der Waals surface area contributed by atoms with Crippen molar-refractivity contribution in [3.8, 4) is 17.4 Å². The molecule has 0 aliphatic rings. The number of nitrogens with two attached hydrogens (primary N) is 1. The first-order valence-electron chi connectivity index (χ1n) is 5.59. The Balaban J connectivity index is 2.43. The van der Waals surface area contributed by atoms with Crippen LogP contribution >= 0.6 is 23.2 Å². The molecule has 1 heterocycles.